The molecule has 0 spiro atoms. The van der Waals surface area contributed by atoms with Crippen molar-refractivity contribution in [3.8, 4) is 6.07 Å². The van der Waals surface area contributed by atoms with Gasteiger partial charge < -0.3 is 9.47 Å². The fourth-order valence-corrected chi connectivity index (χ4v) is 4.31. The average molecular weight is 359 g/mol. The van der Waals surface area contributed by atoms with E-state index in [-0.39, 0.29) is 0 Å². The summed E-state index contributed by atoms with van der Waals surface area (Å²) in [5, 5.41) is 9.58. The van der Waals surface area contributed by atoms with Crippen LogP contribution >= 0.6 is 0 Å². The molecule has 3 heterocycles. The van der Waals surface area contributed by atoms with Crippen LogP contribution in [0.5, 0.6) is 0 Å². The van der Waals surface area contributed by atoms with Crippen molar-refractivity contribution in [3.05, 3.63) is 53.1 Å². The molecule has 138 valence electrons. The molecule has 0 aliphatic carbocycles. The number of rotatable bonds is 3. The Morgan fingerprint density at radius 1 is 1.15 bits per heavy atom. The molecule has 0 unspecified atom stereocenters. The van der Waals surface area contributed by atoms with E-state index in [1.54, 1.807) is 0 Å². The summed E-state index contributed by atoms with van der Waals surface area (Å²) in [5.74, 6) is 1.17. The molecule has 0 N–H and O–H groups in total. The van der Waals surface area contributed by atoms with Gasteiger partial charge in [0.05, 0.1) is 28.0 Å². The Hall–Kier alpha value is -2.87. The molecule has 3 aromatic rings. The largest absolute Gasteiger partial charge is 0.370 e. The van der Waals surface area contributed by atoms with E-state index in [1.165, 1.54) is 11.3 Å². The number of hydrogen-bond acceptors (Lipinski definition) is 4. The Labute approximate surface area is 160 Å². The van der Waals surface area contributed by atoms with Gasteiger partial charge in [0.2, 0.25) is 0 Å². The first-order valence-electron chi connectivity index (χ1n) is 9.71. The molecular weight excluding hydrogens is 334 g/mol. The lowest BCUT2D eigenvalue weighted by molar-refractivity contribution is 0.395. The van der Waals surface area contributed by atoms with Gasteiger partial charge >= 0.3 is 0 Å². The third-order valence-electron chi connectivity index (χ3n) is 5.57. The molecule has 27 heavy (non-hydrogen) atoms. The van der Waals surface area contributed by atoms with Crippen LogP contribution < -0.4 is 4.90 Å². The van der Waals surface area contributed by atoms with Crippen LogP contribution in [0.25, 0.3) is 11.0 Å². The summed E-state index contributed by atoms with van der Waals surface area (Å²) in [5.41, 5.74) is 5.86. The third kappa shape index (κ3) is 3.06. The van der Waals surface area contributed by atoms with Crippen LogP contribution in [0.15, 0.2) is 30.3 Å². The van der Waals surface area contributed by atoms with Crippen molar-refractivity contribution < 1.29 is 0 Å². The number of benzene rings is 1. The number of nitriles is 1. The molecule has 2 aromatic heterocycles. The van der Waals surface area contributed by atoms with Gasteiger partial charge in [0.15, 0.2) is 0 Å². The van der Waals surface area contributed by atoms with Gasteiger partial charge in [-0.15, -0.1) is 0 Å². The van der Waals surface area contributed by atoms with Crippen LogP contribution in [0.1, 0.15) is 48.6 Å². The first-order chi connectivity index (χ1) is 13.1. The van der Waals surface area contributed by atoms with Crippen molar-refractivity contribution in [2.45, 2.75) is 46.1 Å². The molecule has 0 atom stereocenters. The first kappa shape index (κ1) is 17.5. The van der Waals surface area contributed by atoms with Crippen molar-refractivity contribution in [2.24, 2.45) is 0 Å². The van der Waals surface area contributed by atoms with Crippen molar-refractivity contribution in [1.82, 2.24) is 14.5 Å². The van der Waals surface area contributed by atoms with Gasteiger partial charge in [-0.05, 0) is 44.9 Å². The van der Waals surface area contributed by atoms with Gasteiger partial charge in [0, 0.05) is 31.2 Å². The predicted molar refractivity (Wildman–Crippen MR) is 108 cm³/mol. The Balaban J connectivity index is 1.62. The summed E-state index contributed by atoms with van der Waals surface area (Å²) in [7, 11) is 0. The number of anilines is 1. The first-order valence-corrected chi connectivity index (χ1v) is 9.71. The summed E-state index contributed by atoms with van der Waals surface area (Å²) in [6, 6.07) is 13.3. The number of aryl methyl sites for hydroxylation is 3. The summed E-state index contributed by atoms with van der Waals surface area (Å²) in [4.78, 5) is 11.6. The van der Waals surface area contributed by atoms with Gasteiger partial charge in [-0.25, -0.2) is 4.98 Å². The fraction of sp³-hybridized carbons (Fsp3) is 0.409. The molecular formula is C22H25N5. The zero-order valence-electron chi connectivity index (χ0n) is 16.2. The zero-order valence-corrected chi connectivity index (χ0v) is 16.2. The average Bonchev–Trinajstić information content (AvgIpc) is 3.06. The van der Waals surface area contributed by atoms with E-state index in [9.17, 15) is 5.26 Å². The van der Waals surface area contributed by atoms with Gasteiger partial charge in [-0.1, -0.05) is 19.1 Å². The molecule has 1 aliphatic rings. The Bertz CT molecular complexity index is 1020. The van der Waals surface area contributed by atoms with E-state index in [0.29, 0.717) is 11.6 Å². The van der Waals surface area contributed by atoms with Gasteiger partial charge in [0.25, 0.3) is 0 Å². The van der Waals surface area contributed by atoms with Crippen LogP contribution in [0.3, 0.4) is 0 Å². The molecule has 1 aromatic carbocycles. The smallest absolute Gasteiger partial charge is 0.109 e. The van der Waals surface area contributed by atoms with Gasteiger partial charge in [-0.2, -0.15) is 5.26 Å². The highest BCUT2D eigenvalue weighted by molar-refractivity contribution is 5.76. The SMILES string of the molecule is CCc1nc2ccccc2n1C1CCN(c2cc(C)nc(C)c2C#N)CC1. The van der Waals surface area contributed by atoms with E-state index in [1.807, 2.05) is 13.8 Å². The van der Waals surface area contributed by atoms with Crippen molar-refractivity contribution >= 4 is 16.7 Å². The second-order valence-corrected chi connectivity index (χ2v) is 7.31. The van der Waals surface area contributed by atoms with Crippen LogP contribution in [-0.2, 0) is 6.42 Å². The number of pyridine rings is 1. The van der Waals surface area contributed by atoms with E-state index in [2.05, 4.69) is 57.8 Å². The topological polar surface area (TPSA) is 57.7 Å². The van der Waals surface area contributed by atoms with E-state index >= 15 is 0 Å². The molecule has 0 radical (unpaired) electrons. The minimum Gasteiger partial charge on any atom is -0.370 e. The zero-order chi connectivity index (χ0) is 19.0. The van der Waals surface area contributed by atoms with Crippen molar-refractivity contribution in [2.75, 3.05) is 18.0 Å². The molecule has 1 aliphatic heterocycles. The predicted octanol–water partition coefficient (Wildman–Crippen LogP) is 4.32. The Morgan fingerprint density at radius 3 is 2.59 bits per heavy atom. The minimum absolute atomic E-state index is 0.457. The monoisotopic (exact) mass is 359 g/mol. The second-order valence-electron chi connectivity index (χ2n) is 7.31. The molecule has 0 amide bonds. The van der Waals surface area contributed by atoms with Crippen molar-refractivity contribution in [1.29, 1.82) is 5.26 Å². The maximum absolute atomic E-state index is 9.58. The Kier molecular flexibility index (Phi) is 4.57. The number of hydrogen-bond donors (Lipinski definition) is 0. The highest BCUT2D eigenvalue weighted by atomic mass is 15.2. The number of piperidine rings is 1. The molecule has 5 nitrogen and oxygen atoms in total. The summed E-state index contributed by atoms with van der Waals surface area (Å²) < 4.78 is 2.45. The lowest BCUT2D eigenvalue weighted by Gasteiger charge is -2.35. The molecule has 1 fully saturated rings. The van der Waals surface area contributed by atoms with Crippen LogP contribution in [0, 0.1) is 25.2 Å². The highest BCUT2D eigenvalue weighted by Gasteiger charge is 2.26. The quantitative estimate of drug-likeness (QED) is 0.699. The van der Waals surface area contributed by atoms with Crippen LogP contribution in [0.4, 0.5) is 5.69 Å². The molecule has 5 heteroatoms. The lowest BCUT2D eigenvalue weighted by Crippen LogP contribution is -2.35. The minimum atomic E-state index is 0.457. The molecule has 0 saturated carbocycles. The maximum atomic E-state index is 9.58. The van der Waals surface area contributed by atoms with Gasteiger partial charge in [0.1, 0.15) is 11.9 Å². The number of fused-ring (bicyclic) bond motifs is 1. The Morgan fingerprint density at radius 2 is 1.89 bits per heavy atom. The molecule has 0 bridgehead atoms. The second kappa shape index (κ2) is 7.03. The van der Waals surface area contributed by atoms with E-state index in [4.69, 9.17) is 4.98 Å². The molecule has 1 saturated heterocycles. The van der Waals surface area contributed by atoms with E-state index in [0.717, 1.165) is 54.9 Å². The highest BCUT2D eigenvalue weighted by Crippen LogP contribution is 2.32. The fourth-order valence-electron chi connectivity index (χ4n) is 4.31. The number of para-hydroxylation sites is 2. The third-order valence-corrected chi connectivity index (χ3v) is 5.57. The number of nitrogens with zero attached hydrogens (tertiary/aromatic N) is 5. The van der Waals surface area contributed by atoms with Crippen LogP contribution in [0.2, 0.25) is 0 Å². The summed E-state index contributed by atoms with van der Waals surface area (Å²) in [6.07, 6.45) is 3.05. The van der Waals surface area contributed by atoms with E-state index < -0.39 is 0 Å². The lowest BCUT2D eigenvalue weighted by atomic mass is 10.0. The standard InChI is InChI=1S/C22H25N5/c1-4-22-25-19-7-5-6-8-20(19)27(22)17-9-11-26(12-10-17)21-13-15(2)24-16(3)18(21)14-23/h5-8,13,17H,4,9-12H2,1-3H3. The summed E-state index contributed by atoms with van der Waals surface area (Å²) in [6.45, 7) is 7.98. The van der Waals surface area contributed by atoms with Crippen molar-refractivity contribution in [3.63, 3.8) is 0 Å². The van der Waals surface area contributed by atoms with Gasteiger partial charge in [-0.3, -0.25) is 4.98 Å². The normalized spacial score (nSPS) is 15.3. The maximum Gasteiger partial charge on any atom is 0.109 e. The number of aromatic nitrogens is 3. The number of imidazole rings is 1. The molecule has 4 rings (SSSR count). The van der Waals surface area contributed by atoms with Crippen LogP contribution in [-0.4, -0.2) is 27.6 Å². The summed E-state index contributed by atoms with van der Waals surface area (Å²) >= 11 is 0.